The van der Waals surface area contributed by atoms with Crippen molar-refractivity contribution in [3.63, 3.8) is 0 Å². The number of aryl methyl sites for hydroxylation is 1. The average molecular weight is 527 g/mol. The summed E-state index contributed by atoms with van der Waals surface area (Å²) in [7, 11) is -2.30. The summed E-state index contributed by atoms with van der Waals surface area (Å²) >= 11 is 6.32. The van der Waals surface area contributed by atoms with Gasteiger partial charge in [0.25, 0.3) is 5.89 Å². The van der Waals surface area contributed by atoms with Gasteiger partial charge < -0.3 is 9.63 Å². The van der Waals surface area contributed by atoms with Crippen LogP contribution in [0.15, 0.2) is 64.7 Å². The molecule has 4 aromatic heterocycles. The van der Waals surface area contributed by atoms with Crippen LogP contribution in [0.25, 0.3) is 22.4 Å². The Morgan fingerprint density at radius 1 is 1.28 bits per heavy atom. The molecule has 2 atom stereocenters. The maximum Gasteiger partial charge on any atom is 0.258 e. The number of aromatic nitrogens is 6. The van der Waals surface area contributed by atoms with Gasteiger partial charge in [0.2, 0.25) is 15.8 Å². The summed E-state index contributed by atoms with van der Waals surface area (Å²) in [6, 6.07) is 3.36. The van der Waals surface area contributed by atoms with Gasteiger partial charge in [0.1, 0.15) is 10.3 Å². The predicted molar refractivity (Wildman–Crippen MR) is 133 cm³/mol. The van der Waals surface area contributed by atoms with Gasteiger partial charge in [0.05, 0.1) is 6.20 Å². The molecule has 6 rings (SSSR count). The van der Waals surface area contributed by atoms with E-state index in [9.17, 15) is 13.5 Å². The molecule has 0 saturated heterocycles. The molecule has 10 nitrogen and oxygen atoms in total. The van der Waals surface area contributed by atoms with Crippen LogP contribution < -0.4 is 0 Å². The van der Waals surface area contributed by atoms with Crippen LogP contribution in [0.5, 0.6) is 0 Å². The van der Waals surface area contributed by atoms with Gasteiger partial charge in [-0.1, -0.05) is 22.8 Å². The zero-order chi connectivity index (χ0) is 25.3. The molecule has 0 bridgehead atoms. The van der Waals surface area contributed by atoms with Crippen molar-refractivity contribution in [2.45, 2.75) is 42.5 Å². The van der Waals surface area contributed by atoms with E-state index in [4.69, 9.17) is 16.1 Å². The Balaban J connectivity index is 1.46. The maximum atomic E-state index is 14.2. The molecule has 2 aliphatic carbocycles. The summed E-state index contributed by atoms with van der Waals surface area (Å²) in [5.74, 6) is -0.0976. The number of aliphatic hydroxyl groups is 1. The molecule has 0 aromatic carbocycles. The molecule has 2 aliphatic rings. The van der Waals surface area contributed by atoms with Gasteiger partial charge in [-0.2, -0.15) is 10.1 Å². The molecule has 0 spiro atoms. The van der Waals surface area contributed by atoms with Gasteiger partial charge in [-0.25, -0.2) is 17.4 Å². The van der Waals surface area contributed by atoms with Crippen LogP contribution in [-0.2, 0) is 22.7 Å². The van der Waals surface area contributed by atoms with Gasteiger partial charge in [0.15, 0.2) is 5.65 Å². The topological polar surface area (TPSA) is 129 Å². The minimum atomic E-state index is -4.08. The first-order valence-electron chi connectivity index (χ1n) is 11.5. The van der Waals surface area contributed by atoms with Gasteiger partial charge >= 0.3 is 0 Å². The molecule has 12 heteroatoms. The molecule has 1 N–H and O–H groups in total. The van der Waals surface area contributed by atoms with Crippen LogP contribution in [0.1, 0.15) is 43.6 Å². The van der Waals surface area contributed by atoms with Crippen molar-refractivity contribution < 1.29 is 18.0 Å². The summed E-state index contributed by atoms with van der Waals surface area (Å²) < 4.78 is 35.2. The molecule has 1 saturated carbocycles. The third kappa shape index (κ3) is 3.30. The van der Waals surface area contributed by atoms with Crippen LogP contribution in [0.2, 0.25) is 0 Å². The average Bonchev–Trinajstić information content (AvgIpc) is 3.57. The molecule has 0 aliphatic heterocycles. The Morgan fingerprint density at radius 3 is 2.78 bits per heavy atom. The Morgan fingerprint density at radius 2 is 2.08 bits per heavy atom. The number of halogens is 1. The van der Waals surface area contributed by atoms with E-state index in [1.807, 2.05) is 0 Å². The zero-order valence-electron chi connectivity index (χ0n) is 19.5. The van der Waals surface area contributed by atoms with E-state index < -0.39 is 26.3 Å². The van der Waals surface area contributed by atoms with Crippen LogP contribution >= 0.6 is 11.6 Å². The van der Waals surface area contributed by atoms with E-state index in [0.717, 1.165) is 12.0 Å². The van der Waals surface area contributed by atoms with Crippen molar-refractivity contribution >= 4 is 32.7 Å². The monoisotopic (exact) mass is 526 g/mol. The summed E-state index contributed by atoms with van der Waals surface area (Å²) in [5.41, 5.74) is 0.436. The SMILES string of the molecule is Cn1cc(C2C=CC(Cl)=CC2(C)S(=O)(=O)n2ccc3c(-c4noc(C5(O)CCC5)n4)ccnc32)cn1. The quantitative estimate of drug-likeness (QED) is 0.417. The van der Waals surface area contributed by atoms with E-state index in [1.54, 1.807) is 61.4 Å². The fourth-order valence-electron chi connectivity index (χ4n) is 4.93. The number of hydrogen-bond donors (Lipinski definition) is 1. The molecule has 36 heavy (non-hydrogen) atoms. The molecular weight excluding hydrogens is 504 g/mol. The van der Waals surface area contributed by atoms with E-state index in [0.29, 0.717) is 28.8 Å². The number of rotatable bonds is 5. The molecule has 1 fully saturated rings. The highest BCUT2D eigenvalue weighted by atomic mass is 35.5. The maximum absolute atomic E-state index is 14.2. The lowest BCUT2D eigenvalue weighted by Crippen LogP contribution is -2.43. The van der Waals surface area contributed by atoms with E-state index >= 15 is 0 Å². The summed E-state index contributed by atoms with van der Waals surface area (Å²) in [4.78, 5) is 8.79. The lowest BCUT2D eigenvalue weighted by atomic mass is 9.80. The van der Waals surface area contributed by atoms with Crippen molar-refractivity contribution in [3.05, 3.63) is 71.6 Å². The van der Waals surface area contributed by atoms with Crippen molar-refractivity contribution in [1.29, 1.82) is 0 Å². The van der Waals surface area contributed by atoms with Crippen LogP contribution in [0, 0.1) is 0 Å². The minimum absolute atomic E-state index is 0.168. The Hall–Kier alpha value is -3.28. The van der Waals surface area contributed by atoms with E-state index in [2.05, 4.69) is 20.2 Å². The number of fused-ring (bicyclic) bond motifs is 1. The summed E-state index contributed by atoms with van der Waals surface area (Å²) in [6.07, 6.45) is 13.5. The smallest absolute Gasteiger partial charge is 0.258 e. The van der Waals surface area contributed by atoms with Crippen LogP contribution in [0.3, 0.4) is 0 Å². The first-order chi connectivity index (χ1) is 17.1. The van der Waals surface area contributed by atoms with Crippen molar-refractivity contribution in [2.24, 2.45) is 7.05 Å². The van der Waals surface area contributed by atoms with Gasteiger partial charge in [-0.3, -0.25) is 4.68 Å². The molecule has 4 aromatic rings. The van der Waals surface area contributed by atoms with Crippen molar-refractivity contribution in [1.82, 2.24) is 28.9 Å². The second kappa shape index (κ2) is 7.86. The fourth-order valence-corrected chi connectivity index (χ4v) is 7.13. The van der Waals surface area contributed by atoms with Gasteiger partial charge in [0, 0.05) is 47.5 Å². The molecule has 2 unspecified atom stereocenters. The second-order valence-electron chi connectivity index (χ2n) is 9.52. The molecule has 186 valence electrons. The van der Waals surface area contributed by atoms with Crippen LogP contribution in [-0.4, -0.2) is 47.1 Å². The Labute approximate surface area is 212 Å². The van der Waals surface area contributed by atoms with Crippen molar-refractivity contribution in [2.75, 3.05) is 0 Å². The summed E-state index contributed by atoms with van der Waals surface area (Å²) in [5, 5.41) is 19.7. The second-order valence-corrected chi connectivity index (χ2v) is 12.2. The fraction of sp³-hybridized carbons (Fsp3) is 0.333. The Kier molecular flexibility index (Phi) is 5.05. The highest BCUT2D eigenvalue weighted by molar-refractivity contribution is 7.91. The highest BCUT2D eigenvalue weighted by Gasteiger charge is 2.48. The van der Waals surface area contributed by atoms with E-state index in [1.165, 1.54) is 16.4 Å². The largest absolute Gasteiger partial charge is 0.380 e. The first kappa shape index (κ1) is 23.1. The van der Waals surface area contributed by atoms with Gasteiger partial charge in [-0.15, -0.1) is 0 Å². The third-order valence-electron chi connectivity index (χ3n) is 7.19. The summed E-state index contributed by atoms with van der Waals surface area (Å²) in [6.45, 7) is 1.65. The zero-order valence-corrected chi connectivity index (χ0v) is 21.1. The minimum Gasteiger partial charge on any atom is -0.380 e. The lowest BCUT2D eigenvalue weighted by molar-refractivity contribution is -0.0646. The molecular formula is C24H23ClN6O4S. The Bertz CT molecular complexity index is 1660. The number of pyridine rings is 1. The predicted octanol–water partition coefficient (Wildman–Crippen LogP) is 3.60. The molecule has 4 heterocycles. The molecule has 0 amide bonds. The molecule has 0 radical (unpaired) electrons. The highest BCUT2D eigenvalue weighted by Crippen LogP contribution is 2.44. The standard InChI is InChI=1S/C24H23ClN6O4S/c1-23(12-16(25)4-5-19(23)15-13-27-30(2)14-15)36(33,34)31-11-7-18-17(6-10-26-21(18)31)20-28-22(35-29-20)24(32)8-3-9-24/h4-7,10-14,19,32H,3,8-9H2,1-2H3. The van der Waals surface area contributed by atoms with Crippen LogP contribution in [0.4, 0.5) is 0 Å². The number of hydrogen-bond acceptors (Lipinski definition) is 8. The first-order valence-corrected chi connectivity index (χ1v) is 13.3. The number of allylic oxidation sites excluding steroid dienone is 3. The third-order valence-corrected chi connectivity index (χ3v) is 9.72. The van der Waals surface area contributed by atoms with E-state index in [-0.39, 0.29) is 17.4 Å². The normalized spacial score (nSPS) is 23.6. The number of nitrogens with zero attached hydrogens (tertiary/aromatic N) is 6. The van der Waals surface area contributed by atoms with Gasteiger partial charge in [-0.05, 0) is 56.0 Å². The van der Waals surface area contributed by atoms with Crippen molar-refractivity contribution in [3.8, 4) is 11.4 Å². The lowest BCUT2D eigenvalue weighted by Gasteiger charge is -2.35.